The minimum absolute atomic E-state index is 0.220. The molecule has 1 fully saturated rings. The number of nitrogens with zero attached hydrogens (tertiary/aromatic N) is 4. The lowest BCUT2D eigenvalue weighted by molar-refractivity contribution is 0.214. The highest BCUT2D eigenvalue weighted by atomic mass is 32.2. The molecule has 0 atom stereocenters. The summed E-state index contributed by atoms with van der Waals surface area (Å²) in [5.74, 6) is 1.72. The van der Waals surface area contributed by atoms with E-state index < -0.39 is 0 Å². The predicted molar refractivity (Wildman–Crippen MR) is 91.5 cm³/mol. The Hall–Kier alpha value is -1.40. The van der Waals surface area contributed by atoms with Crippen molar-refractivity contribution in [1.82, 2.24) is 19.7 Å². The summed E-state index contributed by atoms with van der Waals surface area (Å²) < 4.78 is 15.3. The second kappa shape index (κ2) is 7.93. The molecule has 0 aliphatic carbocycles. The molecule has 2 heterocycles. The molecule has 2 aromatic rings. The van der Waals surface area contributed by atoms with Crippen molar-refractivity contribution in [2.45, 2.75) is 44.3 Å². The number of hydrogen-bond donors (Lipinski definition) is 0. The SMILES string of the molecule is CCCSc1nnc(CN2CCCCC2)n1-c1ccc(F)cc1. The van der Waals surface area contributed by atoms with Crippen LogP contribution in [0.4, 0.5) is 4.39 Å². The first-order chi connectivity index (χ1) is 11.3. The van der Waals surface area contributed by atoms with Crippen LogP contribution in [0.2, 0.25) is 0 Å². The van der Waals surface area contributed by atoms with Gasteiger partial charge in [-0.15, -0.1) is 10.2 Å². The average molecular weight is 334 g/mol. The zero-order valence-corrected chi connectivity index (χ0v) is 14.4. The second-order valence-corrected chi connectivity index (χ2v) is 6.96. The number of rotatable bonds is 6. The van der Waals surface area contributed by atoms with Gasteiger partial charge in [0.15, 0.2) is 11.0 Å². The molecule has 0 bridgehead atoms. The van der Waals surface area contributed by atoms with E-state index in [-0.39, 0.29) is 5.82 Å². The number of benzene rings is 1. The minimum atomic E-state index is -0.220. The van der Waals surface area contributed by atoms with Crippen LogP contribution < -0.4 is 0 Å². The number of thioether (sulfide) groups is 1. The van der Waals surface area contributed by atoms with Gasteiger partial charge in [-0.25, -0.2) is 4.39 Å². The van der Waals surface area contributed by atoms with Gasteiger partial charge in [0.1, 0.15) is 5.82 Å². The van der Waals surface area contributed by atoms with Crippen molar-refractivity contribution in [3.63, 3.8) is 0 Å². The number of halogens is 1. The third-order valence-corrected chi connectivity index (χ3v) is 5.17. The van der Waals surface area contributed by atoms with Crippen LogP contribution in [0.3, 0.4) is 0 Å². The van der Waals surface area contributed by atoms with Gasteiger partial charge in [-0.05, 0) is 56.6 Å². The highest BCUT2D eigenvalue weighted by Crippen LogP contribution is 2.24. The van der Waals surface area contributed by atoms with Crippen LogP contribution >= 0.6 is 11.8 Å². The molecule has 3 rings (SSSR count). The molecule has 23 heavy (non-hydrogen) atoms. The van der Waals surface area contributed by atoms with Crippen molar-refractivity contribution >= 4 is 11.8 Å². The highest BCUT2D eigenvalue weighted by molar-refractivity contribution is 7.99. The summed E-state index contributed by atoms with van der Waals surface area (Å²) in [7, 11) is 0. The van der Waals surface area contributed by atoms with Crippen LogP contribution in [0, 0.1) is 5.82 Å². The molecular formula is C17H23FN4S. The Labute approximate surface area is 141 Å². The fourth-order valence-corrected chi connectivity index (χ4v) is 3.68. The van der Waals surface area contributed by atoms with E-state index in [2.05, 4.69) is 26.6 Å². The van der Waals surface area contributed by atoms with E-state index in [1.807, 2.05) is 0 Å². The number of piperidine rings is 1. The molecule has 0 radical (unpaired) electrons. The standard InChI is InChI=1S/C17H23FN4S/c1-2-12-23-17-20-19-16(13-21-10-4-3-5-11-21)22(17)15-8-6-14(18)7-9-15/h6-9H,2-5,10-13H2,1H3. The molecule has 4 nitrogen and oxygen atoms in total. The third-order valence-electron chi connectivity index (χ3n) is 4.03. The Kier molecular flexibility index (Phi) is 5.67. The van der Waals surface area contributed by atoms with E-state index >= 15 is 0 Å². The van der Waals surface area contributed by atoms with Gasteiger partial charge in [0.05, 0.1) is 6.54 Å². The van der Waals surface area contributed by atoms with Crippen molar-refractivity contribution in [3.05, 3.63) is 35.9 Å². The Bertz CT molecular complexity index is 620. The molecular weight excluding hydrogens is 311 g/mol. The first-order valence-electron chi connectivity index (χ1n) is 8.33. The van der Waals surface area contributed by atoms with E-state index in [1.165, 1.54) is 31.4 Å². The van der Waals surface area contributed by atoms with Crippen LogP contribution in [-0.4, -0.2) is 38.5 Å². The van der Waals surface area contributed by atoms with E-state index in [1.54, 1.807) is 23.9 Å². The number of aromatic nitrogens is 3. The third kappa shape index (κ3) is 4.12. The van der Waals surface area contributed by atoms with Crippen molar-refractivity contribution in [2.75, 3.05) is 18.8 Å². The molecule has 1 aliphatic heterocycles. The molecule has 0 spiro atoms. The Balaban J connectivity index is 1.88. The lowest BCUT2D eigenvalue weighted by Gasteiger charge is -2.26. The van der Waals surface area contributed by atoms with E-state index in [4.69, 9.17) is 0 Å². The van der Waals surface area contributed by atoms with Gasteiger partial charge in [-0.1, -0.05) is 25.1 Å². The Morgan fingerprint density at radius 3 is 2.52 bits per heavy atom. The van der Waals surface area contributed by atoms with Crippen LogP contribution in [0.25, 0.3) is 5.69 Å². The van der Waals surface area contributed by atoms with Crippen molar-refractivity contribution in [2.24, 2.45) is 0 Å². The molecule has 0 amide bonds. The van der Waals surface area contributed by atoms with Crippen LogP contribution in [0.1, 0.15) is 38.4 Å². The summed E-state index contributed by atoms with van der Waals surface area (Å²) in [4.78, 5) is 2.43. The van der Waals surface area contributed by atoms with Crippen molar-refractivity contribution < 1.29 is 4.39 Å². The fraction of sp³-hybridized carbons (Fsp3) is 0.529. The lowest BCUT2D eigenvalue weighted by Crippen LogP contribution is -2.30. The first-order valence-corrected chi connectivity index (χ1v) is 9.32. The molecule has 1 aliphatic rings. The quantitative estimate of drug-likeness (QED) is 0.751. The highest BCUT2D eigenvalue weighted by Gasteiger charge is 2.18. The summed E-state index contributed by atoms with van der Waals surface area (Å²) in [6.07, 6.45) is 4.91. The summed E-state index contributed by atoms with van der Waals surface area (Å²) in [6.45, 7) is 5.19. The van der Waals surface area contributed by atoms with Crippen LogP contribution in [0.15, 0.2) is 29.4 Å². The smallest absolute Gasteiger partial charge is 0.195 e. The molecule has 0 N–H and O–H groups in total. The predicted octanol–water partition coefficient (Wildman–Crippen LogP) is 3.89. The second-order valence-electron chi connectivity index (χ2n) is 5.90. The van der Waals surface area contributed by atoms with Gasteiger partial charge in [0.2, 0.25) is 0 Å². The van der Waals surface area contributed by atoms with E-state index in [0.29, 0.717) is 0 Å². The normalized spacial score (nSPS) is 15.9. The van der Waals surface area contributed by atoms with Gasteiger partial charge in [-0.2, -0.15) is 0 Å². The summed E-state index contributed by atoms with van der Waals surface area (Å²) in [5.41, 5.74) is 0.932. The minimum Gasteiger partial charge on any atom is -0.296 e. The van der Waals surface area contributed by atoms with Crippen molar-refractivity contribution in [3.8, 4) is 5.69 Å². The van der Waals surface area contributed by atoms with Gasteiger partial charge < -0.3 is 0 Å². The fourth-order valence-electron chi connectivity index (χ4n) is 2.86. The van der Waals surface area contributed by atoms with Gasteiger partial charge in [0, 0.05) is 11.4 Å². The number of likely N-dealkylation sites (tertiary alicyclic amines) is 1. The largest absolute Gasteiger partial charge is 0.296 e. The summed E-state index contributed by atoms with van der Waals surface area (Å²) in [5, 5.41) is 9.69. The molecule has 124 valence electrons. The number of hydrogen-bond acceptors (Lipinski definition) is 4. The summed E-state index contributed by atoms with van der Waals surface area (Å²) >= 11 is 1.71. The monoisotopic (exact) mass is 334 g/mol. The van der Waals surface area contributed by atoms with Crippen LogP contribution in [-0.2, 0) is 6.54 Å². The molecule has 1 aromatic heterocycles. The maximum atomic E-state index is 13.3. The maximum Gasteiger partial charge on any atom is 0.195 e. The average Bonchev–Trinajstić information content (AvgIpc) is 2.97. The molecule has 0 unspecified atom stereocenters. The Morgan fingerprint density at radius 2 is 1.83 bits per heavy atom. The molecule has 1 saturated heterocycles. The Morgan fingerprint density at radius 1 is 1.09 bits per heavy atom. The molecule has 1 aromatic carbocycles. The topological polar surface area (TPSA) is 34.0 Å². The van der Waals surface area contributed by atoms with Gasteiger partial charge >= 0.3 is 0 Å². The van der Waals surface area contributed by atoms with Crippen LogP contribution in [0.5, 0.6) is 0 Å². The maximum absolute atomic E-state index is 13.3. The first kappa shape index (κ1) is 16.5. The lowest BCUT2D eigenvalue weighted by atomic mass is 10.1. The van der Waals surface area contributed by atoms with E-state index in [0.717, 1.165) is 48.5 Å². The molecule has 6 heteroatoms. The van der Waals surface area contributed by atoms with Gasteiger partial charge in [0.25, 0.3) is 0 Å². The van der Waals surface area contributed by atoms with Crippen molar-refractivity contribution in [1.29, 1.82) is 0 Å². The zero-order valence-electron chi connectivity index (χ0n) is 13.5. The zero-order chi connectivity index (χ0) is 16.1. The van der Waals surface area contributed by atoms with E-state index in [9.17, 15) is 4.39 Å². The summed E-state index contributed by atoms with van der Waals surface area (Å²) in [6, 6.07) is 6.59. The molecule has 0 saturated carbocycles. The van der Waals surface area contributed by atoms with Gasteiger partial charge in [-0.3, -0.25) is 9.47 Å².